The van der Waals surface area contributed by atoms with Gasteiger partial charge >= 0.3 is 39.0 Å². The maximum Gasteiger partial charge on any atom is 2.00 e. The number of rotatable bonds is 15. The van der Waals surface area contributed by atoms with Crippen LogP contribution in [0.25, 0.3) is 110 Å². The third-order valence-electron chi connectivity index (χ3n) is 16.6. The van der Waals surface area contributed by atoms with E-state index < -0.39 is 0 Å². The molecule has 96 heavy (non-hydrogen) atoms. The van der Waals surface area contributed by atoms with Crippen molar-refractivity contribution >= 4 is 87.2 Å². The van der Waals surface area contributed by atoms with Crippen molar-refractivity contribution in [1.29, 1.82) is 0 Å². The topological polar surface area (TPSA) is 155 Å². The molecule has 0 fully saturated rings. The van der Waals surface area contributed by atoms with Crippen molar-refractivity contribution in [3.63, 3.8) is 0 Å². The van der Waals surface area contributed by atoms with Gasteiger partial charge in [-0.1, -0.05) is 148 Å². The van der Waals surface area contributed by atoms with E-state index in [-0.39, 0.29) is 39.0 Å². The summed E-state index contributed by atoms with van der Waals surface area (Å²) in [6.45, 7) is 4.19. The average molecular weight is 1430 g/mol. The summed E-state index contributed by atoms with van der Waals surface area (Å²) in [5.74, 6) is 0. The van der Waals surface area contributed by atoms with Crippen LogP contribution in [0.4, 0.5) is 0 Å². The van der Waals surface area contributed by atoms with Gasteiger partial charge in [0, 0.05) is 117 Å². The molecule has 12 aromatic heterocycles. The monoisotopic (exact) mass is 1430 g/mol. The first-order valence-corrected chi connectivity index (χ1v) is 32.6. The van der Waals surface area contributed by atoms with Crippen LogP contribution in [0, 0.1) is 13.8 Å². The maximum atomic E-state index is 4.52. The molecule has 14 heteroatoms. The van der Waals surface area contributed by atoms with Gasteiger partial charge in [-0.3, -0.25) is 59.8 Å². The number of pyridine rings is 12. The van der Waals surface area contributed by atoms with Gasteiger partial charge in [0.2, 0.25) is 0 Å². The van der Waals surface area contributed by atoms with Crippen LogP contribution in [0.5, 0.6) is 0 Å². The summed E-state index contributed by atoms with van der Waals surface area (Å²) in [7, 11) is 0. The second kappa shape index (κ2) is 35.5. The van der Waals surface area contributed by atoms with Crippen molar-refractivity contribution in [1.82, 2.24) is 59.8 Å². The number of fused-ring (bicyclic) bond motifs is 12. The van der Waals surface area contributed by atoms with Gasteiger partial charge in [-0.25, -0.2) is 0 Å². The molecule has 0 saturated carbocycles. The Balaban J connectivity index is 0.000000142. The van der Waals surface area contributed by atoms with E-state index in [0.717, 1.165) is 123 Å². The standard InChI is InChI=1S/C34H42N4.4C12H8N2.2Ru/c1-27-15-19-35-31(23-27)33-25-29(17-21-37-33)13-11-9-7-5-3-4-6-8-10-12-14-30-18-22-38-34(26-30)32-24-28(2)16-20-36-32;4*1-3-9-5-6-10-4-2-8-14-12(10)11(9)13-7-1;;/h15-26H,3-14H2,1-2H3;4*1-8H;;/q;;;;;2*+2. The summed E-state index contributed by atoms with van der Waals surface area (Å²) in [5.41, 5.74) is 16.9. The average Bonchev–Trinajstić information content (AvgIpc) is 0.838. The van der Waals surface area contributed by atoms with E-state index in [1.165, 1.54) is 86.5 Å². The molecule has 0 spiro atoms. The maximum absolute atomic E-state index is 4.52. The van der Waals surface area contributed by atoms with Gasteiger partial charge in [-0.15, -0.1) is 0 Å². The number of benzene rings is 4. The number of hydrogen-bond donors (Lipinski definition) is 0. The molecule has 0 aliphatic rings. The van der Waals surface area contributed by atoms with Crippen LogP contribution in [-0.4, -0.2) is 59.8 Å². The van der Waals surface area contributed by atoms with E-state index >= 15 is 0 Å². The van der Waals surface area contributed by atoms with Gasteiger partial charge in [0.1, 0.15) is 0 Å². The summed E-state index contributed by atoms with van der Waals surface area (Å²) in [6, 6.07) is 65.5. The van der Waals surface area contributed by atoms with E-state index in [9.17, 15) is 0 Å². The molecule has 0 saturated heterocycles. The zero-order valence-electron chi connectivity index (χ0n) is 54.0. The molecule has 12 heterocycles. The molecule has 0 unspecified atom stereocenters. The van der Waals surface area contributed by atoms with E-state index in [1.807, 2.05) is 85.5 Å². The Labute approximate surface area is 586 Å². The van der Waals surface area contributed by atoms with Crippen LogP contribution in [0.1, 0.15) is 86.5 Å². The van der Waals surface area contributed by atoms with Gasteiger partial charge in [-0.05, 0) is 159 Å². The predicted molar refractivity (Wildman–Crippen MR) is 386 cm³/mol. The Bertz CT molecular complexity index is 4390. The summed E-state index contributed by atoms with van der Waals surface area (Å²) >= 11 is 0. The predicted octanol–water partition coefficient (Wildman–Crippen LogP) is 20.0. The third kappa shape index (κ3) is 18.5. The Morgan fingerprint density at radius 1 is 0.198 bits per heavy atom. The van der Waals surface area contributed by atoms with Gasteiger partial charge in [0.15, 0.2) is 0 Å². The van der Waals surface area contributed by atoms with Crippen molar-refractivity contribution in [2.24, 2.45) is 0 Å². The SMILES string of the molecule is Cc1ccnc(-c2cc(CCCCCCCCCCCCc3ccnc(-c4cc(C)ccn4)c3)ccn2)c1.[Ru+2].[Ru+2].c1cnc2c(c1)ccc1cccnc12.c1cnc2c(c1)ccc1cccnc12.c1cnc2c(c1)ccc1cccnc12.c1cnc2c(c1)ccc1cccnc12. The van der Waals surface area contributed by atoms with Crippen molar-refractivity contribution in [3.05, 3.63) is 291 Å². The van der Waals surface area contributed by atoms with E-state index in [0.29, 0.717) is 0 Å². The van der Waals surface area contributed by atoms with Gasteiger partial charge < -0.3 is 0 Å². The van der Waals surface area contributed by atoms with Crippen molar-refractivity contribution < 1.29 is 39.0 Å². The molecular formula is C82H74N12Ru2+4. The number of nitrogens with zero attached hydrogens (tertiary/aromatic N) is 12. The minimum Gasteiger partial charge on any atom is -0.255 e. The van der Waals surface area contributed by atoms with Crippen molar-refractivity contribution in [3.8, 4) is 22.8 Å². The molecule has 16 rings (SSSR count). The zero-order chi connectivity index (χ0) is 63.9. The van der Waals surface area contributed by atoms with Crippen LogP contribution >= 0.6 is 0 Å². The molecular weight excluding hydrogens is 1360 g/mol. The molecule has 0 atom stereocenters. The second-order valence-corrected chi connectivity index (χ2v) is 23.4. The van der Waals surface area contributed by atoms with Gasteiger partial charge in [0.05, 0.1) is 66.9 Å². The molecule has 0 bridgehead atoms. The number of hydrogen-bond acceptors (Lipinski definition) is 12. The number of unbranched alkanes of at least 4 members (excludes halogenated alkanes) is 9. The molecule has 0 radical (unpaired) electrons. The van der Waals surface area contributed by atoms with E-state index in [2.05, 4.69) is 207 Å². The smallest absolute Gasteiger partial charge is 0.255 e. The molecule has 0 amide bonds. The van der Waals surface area contributed by atoms with E-state index in [1.54, 1.807) is 49.6 Å². The minimum absolute atomic E-state index is 0. The third-order valence-corrected chi connectivity index (χ3v) is 16.6. The largest absolute Gasteiger partial charge is 2.00 e. The van der Waals surface area contributed by atoms with Crippen LogP contribution in [0.3, 0.4) is 0 Å². The van der Waals surface area contributed by atoms with Gasteiger partial charge in [-0.2, -0.15) is 0 Å². The fraction of sp³-hybridized carbons (Fsp3) is 0.171. The minimum atomic E-state index is 0. The van der Waals surface area contributed by atoms with Crippen LogP contribution in [0.2, 0.25) is 0 Å². The number of aromatic nitrogens is 12. The van der Waals surface area contributed by atoms with Crippen LogP contribution in [0.15, 0.2) is 268 Å². The zero-order valence-corrected chi connectivity index (χ0v) is 57.4. The molecule has 4 aromatic carbocycles. The van der Waals surface area contributed by atoms with E-state index in [4.69, 9.17) is 0 Å². The summed E-state index contributed by atoms with van der Waals surface area (Å²) in [6.07, 6.45) is 37.5. The summed E-state index contributed by atoms with van der Waals surface area (Å²) in [4.78, 5) is 52.8. The quantitative estimate of drug-likeness (QED) is 0.0545. The Hall–Kier alpha value is -9.99. The van der Waals surface area contributed by atoms with Crippen LogP contribution < -0.4 is 0 Å². The number of aryl methyl sites for hydroxylation is 4. The fourth-order valence-electron chi connectivity index (χ4n) is 11.7. The molecule has 12 nitrogen and oxygen atoms in total. The van der Waals surface area contributed by atoms with Crippen LogP contribution in [-0.2, 0) is 51.8 Å². The second-order valence-electron chi connectivity index (χ2n) is 23.4. The van der Waals surface area contributed by atoms with Crippen molar-refractivity contribution in [2.75, 3.05) is 0 Å². The summed E-state index contributed by atoms with van der Waals surface area (Å²) < 4.78 is 0. The normalized spacial score (nSPS) is 10.7. The first-order valence-electron chi connectivity index (χ1n) is 32.6. The Kier molecular flexibility index (Phi) is 25.5. The molecule has 0 aliphatic carbocycles. The fourth-order valence-corrected chi connectivity index (χ4v) is 11.7. The Morgan fingerprint density at radius 3 is 0.615 bits per heavy atom. The van der Waals surface area contributed by atoms with Crippen molar-refractivity contribution in [2.45, 2.75) is 90.9 Å². The first kappa shape index (κ1) is 68.9. The Morgan fingerprint density at radius 2 is 0.396 bits per heavy atom. The molecule has 0 N–H and O–H groups in total. The van der Waals surface area contributed by atoms with Gasteiger partial charge in [0.25, 0.3) is 0 Å². The molecule has 0 aliphatic heterocycles. The first-order chi connectivity index (χ1) is 46.5. The summed E-state index contributed by atoms with van der Waals surface area (Å²) in [5, 5.41) is 9.10. The molecule has 16 aromatic rings. The molecule has 474 valence electrons.